The number of nitrogens with zero attached hydrogens (tertiary/aromatic N) is 2. The molecule has 1 unspecified atom stereocenters. The molecule has 0 aromatic heterocycles. The molecule has 2 aliphatic carbocycles. The van der Waals surface area contributed by atoms with E-state index in [1.165, 1.54) is 10.5 Å². The van der Waals surface area contributed by atoms with E-state index in [1.807, 2.05) is 12.1 Å². The Bertz CT molecular complexity index is 890. The molecule has 28 heavy (non-hydrogen) atoms. The third-order valence-corrected chi connectivity index (χ3v) is 6.71. The summed E-state index contributed by atoms with van der Waals surface area (Å²) in [5.41, 5.74) is 7.95. The number of rotatable bonds is 2. The summed E-state index contributed by atoms with van der Waals surface area (Å²) in [5, 5.41) is 0. The van der Waals surface area contributed by atoms with E-state index in [4.69, 9.17) is 20.2 Å². The molecule has 0 bridgehead atoms. The average Bonchev–Trinajstić information content (AvgIpc) is 3.10. The number of aliphatic imine (C=N–C) groups is 1. The van der Waals surface area contributed by atoms with E-state index in [2.05, 4.69) is 17.9 Å². The number of carbonyl (C=O) groups is 1. The van der Waals surface area contributed by atoms with E-state index in [9.17, 15) is 4.79 Å². The van der Waals surface area contributed by atoms with Crippen LogP contribution in [0.15, 0.2) is 23.2 Å². The molecule has 2 N–H and O–H groups in total. The van der Waals surface area contributed by atoms with Gasteiger partial charge >= 0.3 is 0 Å². The van der Waals surface area contributed by atoms with Crippen LogP contribution in [0.1, 0.15) is 42.4 Å². The Balaban J connectivity index is 1.83. The van der Waals surface area contributed by atoms with Crippen molar-refractivity contribution in [3.63, 3.8) is 0 Å². The molecule has 2 spiro atoms. The largest absolute Gasteiger partial charge is 0.381 e. The number of guanidine groups is 1. The van der Waals surface area contributed by atoms with Crippen LogP contribution in [0.4, 0.5) is 0 Å². The molecule has 6 nitrogen and oxygen atoms in total. The zero-order chi connectivity index (χ0) is 19.9. The minimum atomic E-state index is -0.946. The van der Waals surface area contributed by atoms with Gasteiger partial charge in [-0.1, -0.05) is 17.9 Å². The van der Waals surface area contributed by atoms with Crippen molar-refractivity contribution in [1.29, 1.82) is 0 Å². The van der Waals surface area contributed by atoms with E-state index in [0.29, 0.717) is 12.6 Å². The number of hydrogen-bond acceptors (Lipinski definition) is 5. The second kappa shape index (κ2) is 6.91. The van der Waals surface area contributed by atoms with Crippen molar-refractivity contribution in [1.82, 2.24) is 4.90 Å². The number of amides is 1. The fourth-order valence-corrected chi connectivity index (χ4v) is 5.21. The van der Waals surface area contributed by atoms with Gasteiger partial charge in [0.2, 0.25) is 0 Å². The number of carbonyl (C=O) groups excluding carboxylic acids is 1. The first-order valence-electron chi connectivity index (χ1n) is 9.75. The van der Waals surface area contributed by atoms with Crippen LogP contribution in [0.5, 0.6) is 0 Å². The zero-order valence-electron chi connectivity index (χ0n) is 16.7. The average molecular weight is 381 g/mol. The summed E-state index contributed by atoms with van der Waals surface area (Å²) in [7, 11) is 5.10. The molecule has 1 fully saturated rings. The monoisotopic (exact) mass is 381 g/mol. The molecule has 1 saturated carbocycles. The molecule has 0 saturated heterocycles. The van der Waals surface area contributed by atoms with Crippen LogP contribution in [-0.2, 0) is 26.2 Å². The summed E-state index contributed by atoms with van der Waals surface area (Å²) in [4.78, 5) is 19.9. The van der Waals surface area contributed by atoms with Crippen LogP contribution in [-0.4, -0.2) is 50.7 Å². The van der Waals surface area contributed by atoms with Gasteiger partial charge in [-0.25, -0.2) is 4.99 Å². The second-order valence-corrected chi connectivity index (χ2v) is 8.04. The molecule has 1 atom stereocenters. The topological polar surface area (TPSA) is 77.2 Å². The van der Waals surface area contributed by atoms with Gasteiger partial charge in [0.1, 0.15) is 6.61 Å². The van der Waals surface area contributed by atoms with Gasteiger partial charge in [0.15, 0.2) is 11.5 Å². The minimum Gasteiger partial charge on any atom is -0.381 e. The molecule has 1 aromatic carbocycles. The Kier molecular flexibility index (Phi) is 4.68. The van der Waals surface area contributed by atoms with Gasteiger partial charge in [-0.3, -0.25) is 9.69 Å². The molecular formula is C22H27N3O3. The maximum absolute atomic E-state index is 13.5. The van der Waals surface area contributed by atoms with Gasteiger partial charge in [-0.2, -0.15) is 0 Å². The van der Waals surface area contributed by atoms with E-state index in [0.717, 1.165) is 43.2 Å². The molecule has 1 aromatic rings. The van der Waals surface area contributed by atoms with Crippen LogP contribution in [0.2, 0.25) is 0 Å². The highest BCUT2D eigenvalue weighted by Crippen LogP contribution is 2.61. The molecule has 1 heterocycles. The van der Waals surface area contributed by atoms with Crippen LogP contribution >= 0.6 is 0 Å². The summed E-state index contributed by atoms with van der Waals surface area (Å²) in [6, 6.07) is 6.15. The van der Waals surface area contributed by atoms with Crippen molar-refractivity contribution >= 4 is 11.9 Å². The first-order valence-corrected chi connectivity index (χ1v) is 9.75. The lowest BCUT2D eigenvalue weighted by Crippen LogP contribution is -2.51. The summed E-state index contributed by atoms with van der Waals surface area (Å²) in [5.74, 6) is 6.38. The minimum absolute atomic E-state index is 0.0263. The number of nitrogens with two attached hydrogens (primary N) is 1. The number of benzene rings is 1. The molecule has 1 amide bonds. The fraction of sp³-hybridized carbons (Fsp3) is 0.545. The summed E-state index contributed by atoms with van der Waals surface area (Å²) in [6.45, 7) is 0.372. The van der Waals surface area contributed by atoms with Gasteiger partial charge in [-0.05, 0) is 55.4 Å². The normalized spacial score (nSPS) is 31.1. The van der Waals surface area contributed by atoms with Gasteiger partial charge in [0.25, 0.3) is 5.91 Å². The first-order chi connectivity index (χ1) is 13.5. The maximum atomic E-state index is 13.5. The van der Waals surface area contributed by atoms with E-state index >= 15 is 0 Å². The number of methoxy groups -OCH3 is 2. The summed E-state index contributed by atoms with van der Waals surface area (Å²) < 4.78 is 10.6. The smallest absolute Gasteiger partial charge is 0.262 e. The standard InChI is InChI=1S/C22H27N3O3/c1-25-19(26)22(24-20(25)23)18-13-15(5-4-12-27-2)6-7-16(18)14-21(22)10-8-17(28-3)9-11-21/h6-7,13,17H,8-12,14H2,1-3H3,(H2,23,24). The van der Waals surface area contributed by atoms with Gasteiger partial charge in [0, 0.05) is 32.2 Å². The van der Waals surface area contributed by atoms with Crippen molar-refractivity contribution in [2.45, 2.75) is 43.7 Å². The first kappa shape index (κ1) is 19.0. The second-order valence-electron chi connectivity index (χ2n) is 8.04. The Labute approximate surface area is 166 Å². The van der Waals surface area contributed by atoms with Crippen molar-refractivity contribution in [2.24, 2.45) is 16.1 Å². The molecule has 4 rings (SSSR count). The van der Waals surface area contributed by atoms with Gasteiger partial charge < -0.3 is 15.2 Å². The third-order valence-electron chi connectivity index (χ3n) is 6.71. The quantitative estimate of drug-likeness (QED) is 0.793. The highest BCUT2D eigenvalue weighted by Gasteiger charge is 2.66. The molecular weight excluding hydrogens is 354 g/mol. The van der Waals surface area contributed by atoms with Crippen molar-refractivity contribution in [3.8, 4) is 11.8 Å². The van der Waals surface area contributed by atoms with Crippen LogP contribution in [0.25, 0.3) is 0 Å². The van der Waals surface area contributed by atoms with Crippen molar-refractivity contribution in [3.05, 3.63) is 34.9 Å². The SMILES string of the molecule is COCC#Cc1ccc2c(c1)C1(N=C(N)N(C)C1=O)C1(CCC(OC)CC1)C2. The van der Waals surface area contributed by atoms with Crippen molar-refractivity contribution < 1.29 is 14.3 Å². The molecule has 3 aliphatic rings. The maximum Gasteiger partial charge on any atom is 0.262 e. The van der Waals surface area contributed by atoms with Crippen LogP contribution in [0.3, 0.4) is 0 Å². The number of hydrogen-bond donors (Lipinski definition) is 1. The highest BCUT2D eigenvalue weighted by atomic mass is 16.5. The molecule has 6 heteroatoms. The number of fused-ring (bicyclic) bond motifs is 3. The zero-order valence-corrected chi connectivity index (χ0v) is 16.7. The summed E-state index contributed by atoms with van der Waals surface area (Å²) >= 11 is 0. The summed E-state index contributed by atoms with van der Waals surface area (Å²) in [6.07, 6.45) is 4.72. The van der Waals surface area contributed by atoms with Crippen LogP contribution in [0, 0.1) is 17.3 Å². The van der Waals surface area contributed by atoms with E-state index in [1.54, 1.807) is 21.3 Å². The number of likely N-dealkylation sites (N-methyl/N-ethyl adjacent to an activating group) is 1. The number of ether oxygens (including phenoxy) is 2. The Morgan fingerprint density at radius 2 is 2.07 bits per heavy atom. The van der Waals surface area contributed by atoms with E-state index in [-0.39, 0.29) is 17.4 Å². The Morgan fingerprint density at radius 1 is 1.32 bits per heavy atom. The fourth-order valence-electron chi connectivity index (χ4n) is 5.21. The highest BCUT2D eigenvalue weighted by molar-refractivity contribution is 6.08. The predicted molar refractivity (Wildman–Crippen MR) is 107 cm³/mol. The lowest BCUT2D eigenvalue weighted by molar-refractivity contribution is -0.137. The molecule has 0 radical (unpaired) electrons. The van der Waals surface area contributed by atoms with Crippen LogP contribution < -0.4 is 5.73 Å². The Morgan fingerprint density at radius 3 is 2.68 bits per heavy atom. The van der Waals surface area contributed by atoms with Crippen molar-refractivity contribution in [2.75, 3.05) is 27.9 Å². The third kappa shape index (κ3) is 2.57. The Hall–Kier alpha value is -2.36. The molecule has 1 aliphatic heterocycles. The van der Waals surface area contributed by atoms with Gasteiger partial charge in [0.05, 0.1) is 6.10 Å². The lowest BCUT2D eigenvalue weighted by atomic mass is 9.61. The van der Waals surface area contributed by atoms with E-state index < -0.39 is 5.54 Å². The van der Waals surface area contributed by atoms with Gasteiger partial charge in [-0.15, -0.1) is 0 Å². The predicted octanol–water partition coefficient (Wildman–Crippen LogP) is 1.80. The lowest BCUT2D eigenvalue weighted by Gasteiger charge is -2.45. The molecule has 148 valence electrons.